The van der Waals surface area contributed by atoms with Gasteiger partial charge in [-0.05, 0) is 98.7 Å². The number of esters is 1. The van der Waals surface area contributed by atoms with Gasteiger partial charge in [0.25, 0.3) is 0 Å². The molecule has 31 nitrogen and oxygen atoms in total. The molecule has 506 valence electrons. The zero-order chi connectivity index (χ0) is 63.6. The van der Waals surface area contributed by atoms with Crippen LogP contribution in [0.25, 0.3) is 0 Å². The number of hydrogen-bond donors (Lipinski definition) is 17. The van der Waals surface area contributed by atoms with Gasteiger partial charge in [-0.2, -0.15) is 0 Å². The second-order valence-corrected chi connectivity index (χ2v) is 26.7. The van der Waals surface area contributed by atoms with E-state index in [1.54, 1.807) is 6.92 Å². The fourth-order valence-corrected chi connectivity index (χ4v) is 16.7. The van der Waals surface area contributed by atoms with Crippen LogP contribution in [-0.2, 0) is 66.4 Å². The lowest BCUT2D eigenvalue weighted by molar-refractivity contribution is -0.404. The fourth-order valence-electron chi connectivity index (χ4n) is 16.7. The summed E-state index contributed by atoms with van der Waals surface area (Å²) in [6.45, 7) is 2.36. The Hall–Kier alpha value is -1.98. The highest BCUT2D eigenvalue weighted by Crippen LogP contribution is 2.68. The van der Waals surface area contributed by atoms with Crippen LogP contribution in [0.5, 0.6) is 0 Å². The highest BCUT2D eigenvalue weighted by Gasteiger charge is 2.66. The SMILES string of the molecule is CO[C@]1(C(=O)O[C@H]2C[C@@H]3[C@@H]4CC[C@H]5C[C@@H](O[C@@H]6O[C@H](CO)[C@H](O[C@@H]7O[C@H](CO)[C@@H](O)[C@H](O[C@@H]8OC[C@@H](O)[C@H](O)[C@H]8O)[C@H]7O[C@@H]7O[C@H](CO)[C@@H](O)[C@H](O)[C@H]7O)[C@H](O)[C@H]6O)CC[C@]5(C)[C@H]4CC[C@]3(C)[C@H]2C(C)=O)C[C@H](CO[C@@H]2O[C@H](CO)[C@@H](O)[C@H](O)[C@H]2O)CN1. The molecule has 17 N–H and O–H groups in total. The molecule has 35 atom stereocenters. The summed E-state index contributed by atoms with van der Waals surface area (Å²) in [5.41, 5.74) is -2.24. The first-order chi connectivity index (χ1) is 41.8. The molecule has 0 aromatic rings. The summed E-state index contributed by atoms with van der Waals surface area (Å²) < 4.78 is 71.3. The lowest BCUT2D eigenvalue weighted by Gasteiger charge is -2.61. The maximum Gasteiger partial charge on any atom is 0.354 e. The summed E-state index contributed by atoms with van der Waals surface area (Å²) in [6, 6.07) is 0. The summed E-state index contributed by atoms with van der Waals surface area (Å²) in [5, 5.41) is 174. The minimum atomic E-state index is -2.05. The molecule has 10 fully saturated rings. The van der Waals surface area contributed by atoms with Gasteiger partial charge in [-0.1, -0.05) is 13.8 Å². The molecular weight excluding hydrogens is 1180 g/mol. The number of ether oxygens (including phenoxy) is 12. The van der Waals surface area contributed by atoms with Crippen LogP contribution < -0.4 is 5.32 Å². The Balaban J connectivity index is 0.780. The summed E-state index contributed by atoms with van der Waals surface area (Å²) in [4.78, 5) is 28.1. The first kappa shape index (κ1) is 68.9. The highest BCUT2D eigenvalue weighted by molar-refractivity contribution is 5.83. The first-order valence-corrected chi connectivity index (χ1v) is 30.9. The summed E-state index contributed by atoms with van der Waals surface area (Å²) in [5.74, 6) is -1.09. The van der Waals surface area contributed by atoms with E-state index in [2.05, 4.69) is 19.2 Å². The maximum absolute atomic E-state index is 14.3. The number of carbonyl (C=O) groups is 2. The molecule has 0 bridgehead atoms. The average molecular weight is 1270 g/mol. The van der Waals surface area contributed by atoms with Gasteiger partial charge in [-0.15, -0.1) is 0 Å². The second kappa shape index (κ2) is 27.8. The van der Waals surface area contributed by atoms with Gasteiger partial charge < -0.3 is 139 Å². The van der Waals surface area contributed by atoms with Crippen molar-refractivity contribution >= 4 is 11.8 Å². The Morgan fingerprint density at radius 3 is 1.75 bits per heavy atom. The van der Waals surface area contributed by atoms with E-state index >= 15 is 0 Å². The van der Waals surface area contributed by atoms with Crippen molar-refractivity contribution in [3.05, 3.63) is 0 Å². The summed E-state index contributed by atoms with van der Waals surface area (Å²) in [6.07, 6.45) is -37.1. The predicted octanol–water partition coefficient (Wildman–Crippen LogP) is -7.18. The van der Waals surface area contributed by atoms with Gasteiger partial charge in [-0.25, -0.2) is 4.79 Å². The van der Waals surface area contributed by atoms with Gasteiger partial charge in [0.15, 0.2) is 31.5 Å². The number of fused-ring (bicyclic) bond motifs is 5. The van der Waals surface area contributed by atoms with E-state index in [0.29, 0.717) is 32.1 Å². The number of carbonyl (C=O) groups excluding carboxylic acids is 2. The molecule has 31 heteroatoms. The number of hydrogen-bond acceptors (Lipinski definition) is 31. The molecule has 10 rings (SSSR count). The Bertz CT molecular complexity index is 2330. The van der Waals surface area contributed by atoms with E-state index in [-0.39, 0.29) is 60.4 Å². The molecule has 4 saturated carbocycles. The van der Waals surface area contributed by atoms with Crippen LogP contribution in [0.2, 0.25) is 0 Å². The fraction of sp³-hybridized carbons (Fsp3) is 0.965. The van der Waals surface area contributed by atoms with E-state index in [9.17, 15) is 91.3 Å². The highest BCUT2D eigenvalue weighted by atomic mass is 16.8. The number of rotatable bonds is 19. The normalized spacial score (nSPS) is 53.2. The monoisotopic (exact) mass is 1270 g/mol. The van der Waals surface area contributed by atoms with Crippen molar-refractivity contribution in [2.45, 2.75) is 244 Å². The number of nitrogens with one attached hydrogen (secondary N) is 1. The molecule has 0 radical (unpaired) electrons. The molecule has 0 amide bonds. The van der Waals surface area contributed by atoms with Crippen molar-refractivity contribution in [2.24, 2.45) is 46.3 Å². The van der Waals surface area contributed by atoms with Crippen LogP contribution in [0.3, 0.4) is 0 Å². The number of aliphatic hydroxyl groups excluding tert-OH is 16. The molecule has 6 heterocycles. The van der Waals surface area contributed by atoms with E-state index < -0.39 is 216 Å². The largest absolute Gasteiger partial charge is 0.458 e. The third-order valence-corrected chi connectivity index (χ3v) is 21.7. The van der Waals surface area contributed by atoms with E-state index in [0.717, 1.165) is 19.3 Å². The van der Waals surface area contributed by atoms with Crippen LogP contribution in [0.1, 0.15) is 78.6 Å². The summed E-state index contributed by atoms with van der Waals surface area (Å²) >= 11 is 0. The quantitative estimate of drug-likeness (QED) is 0.0422. The van der Waals surface area contributed by atoms with Gasteiger partial charge in [0, 0.05) is 20.1 Å². The third-order valence-electron chi connectivity index (χ3n) is 21.7. The van der Waals surface area contributed by atoms with E-state index in [4.69, 9.17) is 56.8 Å². The molecular formula is C57H93NO30. The predicted molar refractivity (Wildman–Crippen MR) is 287 cm³/mol. The smallest absolute Gasteiger partial charge is 0.354 e. The average Bonchev–Trinajstić information content (AvgIpc) is 1.45. The minimum absolute atomic E-state index is 0.0340. The Labute approximate surface area is 507 Å². The molecule has 0 unspecified atom stereocenters. The minimum Gasteiger partial charge on any atom is -0.458 e. The molecule has 6 aliphatic heterocycles. The van der Waals surface area contributed by atoms with Crippen molar-refractivity contribution < 1.29 is 148 Å². The van der Waals surface area contributed by atoms with Crippen LogP contribution in [0.15, 0.2) is 0 Å². The molecule has 88 heavy (non-hydrogen) atoms. The standard InChI is InChI=1S/C57H93NO30/c1-21(63)34-29(85-54(76)57(77-4)13-22(14-58-57)19-78-49-43(73)39(69)36(66)30(15-59)81-49)12-27-25-6-5-23-11-24(7-9-55(23,2)26(25)8-10-56(27,34)3)80-51-45(75)41(71)46(33(18-62)84-51)86-53-48(88-52-44(74)40(70)37(67)31(16-60)82-52)47(38(68)32(17-61)83-53)87-50-42(72)35(65)28(64)20-79-50/h22-53,58-62,64-75H,5-20H2,1-4H3/t22-,23-,24-,25+,26-,27+,28+,29-,30+,31+,32+,33+,34-,35-,36+,37+,38+,39-,40-,41+,42+,43+,44+,45+,46-,47-,48+,49+,50-,51+,52-,53-,55-,56-,57-/m0/s1. The van der Waals surface area contributed by atoms with Gasteiger partial charge in [-0.3, -0.25) is 10.1 Å². The van der Waals surface area contributed by atoms with Crippen LogP contribution >= 0.6 is 0 Å². The Morgan fingerprint density at radius 1 is 0.545 bits per heavy atom. The maximum atomic E-state index is 14.3. The second-order valence-electron chi connectivity index (χ2n) is 26.7. The number of ketones is 1. The first-order valence-electron chi connectivity index (χ1n) is 30.9. The third kappa shape index (κ3) is 12.8. The van der Waals surface area contributed by atoms with Crippen LogP contribution in [-0.4, -0.2) is 312 Å². The van der Waals surface area contributed by atoms with Crippen molar-refractivity contribution in [1.82, 2.24) is 5.32 Å². The molecule has 0 aromatic carbocycles. The topological polar surface area (TPSA) is 481 Å². The van der Waals surface area contributed by atoms with Crippen molar-refractivity contribution in [1.29, 1.82) is 0 Å². The van der Waals surface area contributed by atoms with E-state index in [1.165, 1.54) is 7.11 Å². The zero-order valence-corrected chi connectivity index (χ0v) is 49.7. The molecule has 0 aromatic heterocycles. The number of aliphatic hydroxyl groups is 16. The molecule has 0 spiro atoms. The lowest BCUT2D eigenvalue weighted by atomic mass is 9.44. The number of methoxy groups -OCH3 is 1. The van der Waals surface area contributed by atoms with Crippen molar-refractivity contribution in [3.8, 4) is 0 Å². The van der Waals surface area contributed by atoms with Gasteiger partial charge >= 0.3 is 5.97 Å². The summed E-state index contributed by atoms with van der Waals surface area (Å²) in [7, 11) is 1.38. The van der Waals surface area contributed by atoms with Crippen LogP contribution in [0.4, 0.5) is 0 Å². The molecule has 10 aliphatic rings. The molecule has 6 saturated heterocycles. The van der Waals surface area contributed by atoms with Crippen molar-refractivity contribution in [3.63, 3.8) is 0 Å². The molecule has 4 aliphatic carbocycles. The zero-order valence-electron chi connectivity index (χ0n) is 49.7. The van der Waals surface area contributed by atoms with Crippen LogP contribution in [0, 0.1) is 46.3 Å². The lowest BCUT2D eigenvalue weighted by Crippen LogP contribution is -2.68. The van der Waals surface area contributed by atoms with Crippen molar-refractivity contribution in [2.75, 3.05) is 53.3 Å². The Kier molecular flexibility index (Phi) is 21.7. The van der Waals surface area contributed by atoms with Gasteiger partial charge in [0.1, 0.15) is 128 Å². The Morgan fingerprint density at radius 2 is 1.10 bits per heavy atom. The van der Waals surface area contributed by atoms with E-state index in [1.807, 2.05) is 0 Å². The number of Topliss-reactive ketones (excluding diaryl/α,β-unsaturated/α-hetero) is 1. The van der Waals surface area contributed by atoms with Gasteiger partial charge in [0.2, 0.25) is 5.72 Å². The van der Waals surface area contributed by atoms with Gasteiger partial charge in [0.05, 0.1) is 51.7 Å².